The van der Waals surface area contributed by atoms with Crippen molar-refractivity contribution in [2.75, 3.05) is 13.7 Å². The average Bonchev–Trinajstić information content (AvgIpc) is 3.25. The Balaban J connectivity index is 1.49. The van der Waals surface area contributed by atoms with E-state index in [4.69, 9.17) is 4.74 Å². The topological polar surface area (TPSA) is 58.6 Å². The summed E-state index contributed by atoms with van der Waals surface area (Å²) in [5.41, 5.74) is 2.15. The van der Waals surface area contributed by atoms with Gasteiger partial charge >= 0.3 is 12.1 Å². The average molecular weight is 483 g/mol. The van der Waals surface area contributed by atoms with Crippen molar-refractivity contribution < 1.29 is 27.5 Å². The standard InChI is InChI=1S/C27H25F3N2O3/c1-35-26(34)24-15-21(17-32(24)16-18-11-13-20(14-12-18)27(28,29)30)31-25(33)23-10-6-5-9-22(23)19-7-3-2-4-8-19/h2-14,21,24H,15-17H2,1H3,(H,31,33)/t21-,24+/m1/s1. The van der Waals surface area contributed by atoms with E-state index in [2.05, 4.69) is 5.32 Å². The number of hydrogen-bond donors (Lipinski definition) is 1. The summed E-state index contributed by atoms with van der Waals surface area (Å²) < 4.78 is 43.6. The van der Waals surface area contributed by atoms with Crippen LogP contribution in [0.15, 0.2) is 78.9 Å². The number of halogens is 3. The highest BCUT2D eigenvalue weighted by molar-refractivity contribution is 6.01. The number of esters is 1. The number of hydrogen-bond acceptors (Lipinski definition) is 4. The van der Waals surface area contributed by atoms with Crippen LogP contribution in [-0.4, -0.2) is 42.5 Å². The number of likely N-dealkylation sites (tertiary alicyclic amines) is 1. The quantitative estimate of drug-likeness (QED) is 0.507. The molecule has 0 radical (unpaired) electrons. The number of benzene rings is 3. The minimum absolute atomic E-state index is 0.255. The molecule has 8 heteroatoms. The van der Waals surface area contributed by atoms with Crippen molar-refractivity contribution in [2.24, 2.45) is 0 Å². The zero-order valence-electron chi connectivity index (χ0n) is 19.1. The molecule has 0 bridgehead atoms. The predicted octanol–water partition coefficient (Wildman–Crippen LogP) is 4.92. The minimum Gasteiger partial charge on any atom is -0.468 e. The van der Waals surface area contributed by atoms with E-state index in [0.717, 1.165) is 23.3 Å². The molecule has 0 spiro atoms. The van der Waals surface area contributed by atoms with E-state index in [-0.39, 0.29) is 18.5 Å². The third kappa shape index (κ3) is 5.71. The van der Waals surface area contributed by atoms with Crippen LogP contribution in [0.2, 0.25) is 0 Å². The van der Waals surface area contributed by atoms with Crippen molar-refractivity contribution in [3.05, 3.63) is 95.6 Å². The largest absolute Gasteiger partial charge is 0.468 e. The van der Waals surface area contributed by atoms with Gasteiger partial charge in [-0.25, -0.2) is 0 Å². The smallest absolute Gasteiger partial charge is 0.416 e. The molecule has 4 rings (SSSR count). The maximum atomic E-state index is 13.2. The molecule has 0 aliphatic carbocycles. The maximum Gasteiger partial charge on any atom is 0.416 e. The molecular formula is C27H25F3N2O3. The van der Waals surface area contributed by atoms with Crippen LogP contribution < -0.4 is 5.32 Å². The van der Waals surface area contributed by atoms with Gasteiger partial charge in [-0.3, -0.25) is 14.5 Å². The van der Waals surface area contributed by atoms with Gasteiger partial charge in [0.05, 0.1) is 12.7 Å². The Hall–Kier alpha value is -3.65. The third-order valence-electron chi connectivity index (χ3n) is 6.14. The highest BCUT2D eigenvalue weighted by atomic mass is 19.4. The highest BCUT2D eigenvalue weighted by Gasteiger charge is 2.38. The normalized spacial score (nSPS) is 18.3. The summed E-state index contributed by atoms with van der Waals surface area (Å²) in [5, 5.41) is 3.02. The van der Waals surface area contributed by atoms with Crippen LogP contribution in [0.3, 0.4) is 0 Å². The SMILES string of the molecule is COC(=O)[C@@H]1C[C@@H](NC(=O)c2ccccc2-c2ccccc2)CN1Cc1ccc(C(F)(F)F)cc1. The van der Waals surface area contributed by atoms with Crippen LogP contribution in [0, 0.1) is 0 Å². The second-order valence-corrected chi connectivity index (χ2v) is 8.48. The Morgan fingerprint density at radius 3 is 2.29 bits per heavy atom. The van der Waals surface area contributed by atoms with Crippen LogP contribution in [0.4, 0.5) is 13.2 Å². The number of amides is 1. The summed E-state index contributed by atoms with van der Waals surface area (Å²) in [7, 11) is 1.29. The number of rotatable bonds is 6. The van der Waals surface area contributed by atoms with Crippen LogP contribution in [0.25, 0.3) is 11.1 Å². The monoisotopic (exact) mass is 482 g/mol. The fourth-order valence-electron chi connectivity index (χ4n) is 4.41. The number of carbonyl (C=O) groups excluding carboxylic acids is 2. The summed E-state index contributed by atoms with van der Waals surface area (Å²) >= 11 is 0. The Morgan fingerprint density at radius 1 is 0.971 bits per heavy atom. The molecule has 5 nitrogen and oxygen atoms in total. The van der Waals surface area contributed by atoms with E-state index < -0.39 is 23.8 Å². The molecule has 3 aromatic carbocycles. The third-order valence-corrected chi connectivity index (χ3v) is 6.14. The van der Waals surface area contributed by atoms with Gasteiger partial charge in [0.1, 0.15) is 6.04 Å². The molecule has 35 heavy (non-hydrogen) atoms. The zero-order valence-corrected chi connectivity index (χ0v) is 19.1. The Kier molecular flexibility index (Phi) is 7.21. The molecule has 1 amide bonds. The second kappa shape index (κ2) is 10.3. The van der Waals surface area contributed by atoms with Crippen LogP contribution in [0.1, 0.15) is 27.9 Å². The van der Waals surface area contributed by atoms with E-state index in [0.29, 0.717) is 24.1 Å². The summed E-state index contributed by atoms with van der Waals surface area (Å²) in [6.45, 7) is 0.616. The van der Waals surface area contributed by atoms with Gasteiger partial charge in [-0.05, 0) is 41.3 Å². The van der Waals surface area contributed by atoms with Crippen LogP contribution >= 0.6 is 0 Å². The lowest BCUT2D eigenvalue weighted by Crippen LogP contribution is -2.37. The van der Waals surface area contributed by atoms with Gasteiger partial charge in [0.15, 0.2) is 0 Å². The van der Waals surface area contributed by atoms with E-state index in [1.165, 1.54) is 19.2 Å². The lowest BCUT2D eigenvalue weighted by molar-refractivity contribution is -0.146. The first kappa shape index (κ1) is 24.5. The number of ether oxygens (including phenoxy) is 1. The van der Waals surface area contributed by atoms with Gasteiger partial charge in [0.2, 0.25) is 0 Å². The van der Waals surface area contributed by atoms with Crippen LogP contribution in [-0.2, 0) is 22.3 Å². The number of nitrogens with zero attached hydrogens (tertiary/aromatic N) is 1. The summed E-state index contributed by atoms with van der Waals surface area (Å²) in [5.74, 6) is -0.701. The molecule has 1 fully saturated rings. The number of methoxy groups -OCH3 is 1. The molecule has 1 N–H and O–H groups in total. The molecule has 1 aliphatic heterocycles. The van der Waals surface area contributed by atoms with E-state index in [1.54, 1.807) is 12.1 Å². The molecule has 0 aromatic heterocycles. The van der Waals surface area contributed by atoms with Crippen molar-refractivity contribution in [3.8, 4) is 11.1 Å². The van der Waals surface area contributed by atoms with Crippen molar-refractivity contribution in [1.29, 1.82) is 0 Å². The lowest BCUT2D eigenvalue weighted by Gasteiger charge is -2.22. The number of alkyl halides is 3. The van der Waals surface area contributed by atoms with Crippen molar-refractivity contribution in [1.82, 2.24) is 10.2 Å². The number of carbonyl (C=O) groups is 2. The highest BCUT2D eigenvalue weighted by Crippen LogP contribution is 2.30. The fraction of sp³-hybridized carbons (Fsp3) is 0.259. The molecule has 3 aromatic rings. The van der Waals surface area contributed by atoms with E-state index in [1.807, 2.05) is 47.4 Å². The maximum absolute atomic E-state index is 13.2. The first-order chi connectivity index (χ1) is 16.8. The predicted molar refractivity (Wildman–Crippen MR) is 125 cm³/mol. The van der Waals surface area contributed by atoms with Gasteiger partial charge in [0, 0.05) is 24.7 Å². The second-order valence-electron chi connectivity index (χ2n) is 8.48. The van der Waals surface area contributed by atoms with Crippen molar-refractivity contribution >= 4 is 11.9 Å². The Bertz CT molecular complexity index is 1180. The molecule has 0 unspecified atom stereocenters. The molecule has 182 valence electrons. The molecule has 1 aliphatic rings. The first-order valence-electron chi connectivity index (χ1n) is 11.2. The number of nitrogens with one attached hydrogen (secondary N) is 1. The molecule has 1 heterocycles. The van der Waals surface area contributed by atoms with E-state index in [9.17, 15) is 22.8 Å². The molecular weight excluding hydrogens is 457 g/mol. The van der Waals surface area contributed by atoms with E-state index >= 15 is 0 Å². The van der Waals surface area contributed by atoms with Crippen molar-refractivity contribution in [2.45, 2.75) is 31.2 Å². The van der Waals surface area contributed by atoms with Gasteiger partial charge < -0.3 is 10.1 Å². The molecule has 2 atom stereocenters. The minimum atomic E-state index is -4.41. The van der Waals surface area contributed by atoms with Crippen molar-refractivity contribution in [3.63, 3.8) is 0 Å². The zero-order chi connectivity index (χ0) is 25.0. The van der Waals surface area contributed by atoms with Gasteiger partial charge in [-0.2, -0.15) is 13.2 Å². The first-order valence-corrected chi connectivity index (χ1v) is 11.2. The van der Waals surface area contributed by atoms with Gasteiger partial charge in [-0.1, -0.05) is 60.7 Å². The fourth-order valence-corrected chi connectivity index (χ4v) is 4.41. The Labute approximate surface area is 201 Å². The summed E-state index contributed by atoms with van der Waals surface area (Å²) in [6.07, 6.45) is -4.07. The van der Waals surface area contributed by atoms with Crippen LogP contribution in [0.5, 0.6) is 0 Å². The summed E-state index contributed by atoms with van der Waals surface area (Å²) in [6, 6.07) is 20.8. The van der Waals surface area contributed by atoms with Gasteiger partial charge in [0.25, 0.3) is 5.91 Å². The lowest BCUT2D eigenvalue weighted by atomic mass is 9.99. The Morgan fingerprint density at radius 2 is 1.63 bits per heavy atom. The summed E-state index contributed by atoms with van der Waals surface area (Å²) in [4.78, 5) is 27.4. The van der Waals surface area contributed by atoms with Gasteiger partial charge in [-0.15, -0.1) is 0 Å². The molecule has 0 saturated carbocycles. The molecule has 1 saturated heterocycles.